The Morgan fingerprint density at radius 2 is 1.78 bits per heavy atom. The molecule has 1 aliphatic rings. The van der Waals surface area contributed by atoms with Crippen molar-refractivity contribution in [3.8, 4) is 0 Å². The van der Waals surface area contributed by atoms with Gasteiger partial charge in [-0.15, -0.1) is 4.40 Å². The molecule has 0 spiro atoms. The van der Waals surface area contributed by atoms with Gasteiger partial charge in [-0.1, -0.05) is 42.1 Å². The van der Waals surface area contributed by atoms with E-state index in [-0.39, 0.29) is 16.6 Å². The zero-order valence-electron chi connectivity index (χ0n) is 15.4. The maximum Gasteiger partial charge on any atom is 0.286 e. The zero-order chi connectivity index (χ0) is 19.6. The number of sulfonamides is 1. The summed E-state index contributed by atoms with van der Waals surface area (Å²) in [5.74, 6) is -0.131. The lowest BCUT2D eigenvalue weighted by Crippen LogP contribution is -2.34. The van der Waals surface area contributed by atoms with Crippen LogP contribution in [0.3, 0.4) is 0 Å². The van der Waals surface area contributed by atoms with Crippen molar-refractivity contribution < 1.29 is 13.2 Å². The van der Waals surface area contributed by atoms with Crippen LogP contribution in [-0.2, 0) is 14.8 Å². The average molecular weight is 404 g/mol. The van der Waals surface area contributed by atoms with Crippen LogP contribution in [0.4, 0.5) is 11.4 Å². The van der Waals surface area contributed by atoms with E-state index in [1.165, 1.54) is 0 Å². The molecular formula is C19H21N3O3S2. The molecule has 2 aromatic rings. The van der Waals surface area contributed by atoms with Gasteiger partial charge in [0.2, 0.25) is 5.91 Å². The van der Waals surface area contributed by atoms with Gasteiger partial charge in [0, 0.05) is 12.2 Å². The number of hydrogen-bond acceptors (Lipinski definition) is 5. The minimum Gasteiger partial charge on any atom is -0.325 e. The Balaban J connectivity index is 1.77. The number of nitrogens with one attached hydrogen (secondary N) is 1. The van der Waals surface area contributed by atoms with Crippen LogP contribution in [-0.4, -0.2) is 31.8 Å². The van der Waals surface area contributed by atoms with E-state index in [4.69, 9.17) is 0 Å². The fourth-order valence-electron chi connectivity index (χ4n) is 2.93. The van der Waals surface area contributed by atoms with E-state index in [0.29, 0.717) is 17.4 Å². The largest absolute Gasteiger partial charge is 0.325 e. The van der Waals surface area contributed by atoms with Crippen molar-refractivity contribution in [1.29, 1.82) is 0 Å². The van der Waals surface area contributed by atoms with Crippen LogP contribution >= 0.6 is 11.8 Å². The molecule has 0 aromatic heterocycles. The minimum absolute atomic E-state index is 0.0702. The summed E-state index contributed by atoms with van der Waals surface area (Å²) in [6.45, 7) is 6.34. The second-order valence-electron chi connectivity index (χ2n) is 6.16. The van der Waals surface area contributed by atoms with Crippen molar-refractivity contribution in [3.63, 3.8) is 0 Å². The first-order valence-electron chi connectivity index (χ1n) is 8.54. The zero-order valence-corrected chi connectivity index (χ0v) is 17.0. The van der Waals surface area contributed by atoms with Crippen LogP contribution in [0.5, 0.6) is 0 Å². The van der Waals surface area contributed by atoms with E-state index >= 15 is 0 Å². The van der Waals surface area contributed by atoms with Crippen molar-refractivity contribution in [3.05, 3.63) is 53.6 Å². The standard InChI is InChI=1S/C19H21N3O3S2/c1-4-22-15-10-5-6-11-16(15)27(24,25)21-19(22)26-12-17(23)20-18-13(2)8-7-9-14(18)3/h5-11H,4,12H2,1-3H3,(H,20,23). The Hall–Kier alpha value is -2.32. The van der Waals surface area contributed by atoms with Crippen molar-refractivity contribution in [1.82, 2.24) is 0 Å². The second kappa shape index (κ2) is 7.74. The van der Waals surface area contributed by atoms with Gasteiger partial charge in [0.1, 0.15) is 4.90 Å². The normalized spacial score (nSPS) is 15.1. The van der Waals surface area contributed by atoms with Crippen molar-refractivity contribution in [2.75, 3.05) is 22.5 Å². The van der Waals surface area contributed by atoms with Crippen LogP contribution in [0.2, 0.25) is 0 Å². The molecule has 0 atom stereocenters. The molecule has 8 heteroatoms. The molecule has 3 rings (SSSR count). The van der Waals surface area contributed by atoms with Gasteiger partial charge in [-0.3, -0.25) is 4.79 Å². The fourth-order valence-corrected chi connectivity index (χ4v) is 5.25. The summed E-state index contributed by atoms with van der Waals surface area (Å²) in [4.78, 5) is 14.4. The van der Waals surface area contributed by atoms with E-state index in [1.54, 1.807) is 24.3 Å². The summed E-state index contributed by atoms with van der Waals surface area (Å²) >= 11 is 1.12. The van der Waals surface area contributed by atoms with Gasteiger partial charge < -0.3 is 10.2 Å². The van der Waals surface area contributed by atoms with Gasteiger partial charge >= 0.3 is 0 Å². The number of thioether (sulfide) groups is 1. The van der Waals surface area contributed by atoms with Crippen molar-refractivity contribution in [2.45, 2.75) is 25.7 Å². The molecule has 1 aliphatic heterocycles. The molecule has 0 radical (unpaired) electrons. The van der Waals surface area contributed by atoms with Gasteiger partial charge in [-0.25, -0.2) is 0 Å². The number of fused-ring (bicyclic) bond motifs is 1. The molecule has 0 saturated heterocycles. The number of rotatable bonds is 4. The van der Waals surface area contributed by atoms with Gasteiger partial charge in [0.05, 0.1) is 11.4 Å². The number of benzene rings is 2. The third-order valence-electron chi connectivity index (χ3n) is 4.26. The smallest absolute Gasteiger partial charge is 0.286 e. The molecule has 6 nitrogen and oxygen atoms in total. The number of carbonyl (C=O) groups excluding carboxylic acids is 1. The lowest BCUT2D eigenvalue weighted by Gasteiger charge is -2.29. The van der Waals surface area contributed by atoms with Crippen molar-refractivity contribution in [2.24, 2.45) is 4.40 Å². The maximum atomic E-state index is 12.4. The number of anilines is 2. The molecule has 0 bridgehead atoms. The first-order valence-corrected chi connectivity index (χ1v) is 11.0. The highest BCUT2D eigenvalue weighted by atomic mass is 32.2. The maximum absolute atomic E-state index is 12.4. The van der Waals surface area contributed by atoms with E-state index in [9.17, 15) is 13.2 Å². The highest BCUT2D eigenvalue weighted by Gasteiger charge is 2.30. The number of para-hydroxylation sites is 2. The highest BCUT2D eigenvalue weighted by Crippen LogP contribution is 2.33. The Labute approximate surface area is 163 Å². The number of carbonyl (C=O) groups is 1. The Morgan fingerprint density at radius 3 is 2.44 bits per heavy atom. The molecule has 1 N–H and O–H groups in total. The van der Waals surface area contributed by atoms with Crippen molar-refractivity contribution >= 4 is 44.2 Å². The van der Waals surface area contributed by atoms with E-state index in [0.717, 1.165) is 28.6 Å². The second-order valence-corrected chi connectivity index (χ2v) is 8.68. The monoisotopic (exact) mass is 403 g/mol. The number of hydrogen-bond donors (Lipinski definition) is 1. The lowest BCUT2D eigenvalue weighted by atomic mass is 10.1. The Morgan fingerprint density at radius 1 is 1.11 bits per heavy atom. The molecule has 0 saturated carbocycles. The molecule has 142 valence electrons. The van der Waals surface area contributed by atoms with Gasteiger partial charge in [0.15, 0.2) is 5.17 Å². The summed E-state index contributed by atoms with van der Waals surface area (Å²) in [6, 6.07) is 12.6. The number of nitrogens with zero attached hydrogens (tertiary/aromatic N) is 2. The quantitative estimate of drug-likeness (QED) is 0.844. The predicted octanol–water partition coefficient (Wildman–Crippen LogP) is 3.56. The summed E-state index contributed by atoms with van der Waals surface area (Å²) < 4.78 is 28.8. The summed E-state index contributed by atoms with van der Waals surface area (Å²) in [7, 11) is -3.76. The lowest BCUT2D eigenvalue weighted by molar-refractivity contribution is -0.113. The molecule has 1 heterocycles. The number of amidine groups is 1. The SMILES string of the molecule is CCN1C(SCC(=O)Nc2c(C)cccc2C)=NS(=O)(=O)c2ccccc21. The first kappa shape index (κ1) is 19.4. The summed E-state index contributed by atoms with van der Waals surface area (Å²) in [6.07, 6.45) is 0. The first-order chi connectivity index (χ1) is 12.8. The predicted molar refractivity (Wildman–Crippen MR) is 111 cm³/mol. The van der Waals surface area contributed by atoms with Crippen LogP contribution < -0.4 is 10.2 Å². The third-order valence-corrected chi connectivity index (χ3v) is 6.66. The average Bonchev–Trinajstić information content (AvgIpc) is 2.63. The molecule has 0 aliphatic carbocycles. The van der Waals surface area contributed by atoms with E-state index < -0.39 is 10.0 Å². The number of amides is 1. The van der Waals surface area contributed by atoms with Gasteiger partial charge in [0.25, 0.3) is 10.0 Å². The topological polar surface area (TPSA) is 78.8 Å². The Bertz CT molecular complexity index is 996. The van der Waals surface area contributed by atoms with Crippen LogP contribution in [0.25, 0.3) is 0 Å². The molecule has 0 fully saturated rings. The summed E-state index contributed by atoms with van der Waals surface area (Å²) in [5.41, 5.74) is 3.34. The van der Waals surface area contributed by atoms with Gasteiger partial charge in [-0.05, 0) is 44.0 Å². The molecule has 27 heavy (non-hydrogen) atoms. The third kappa shape index (κ3) is 4.01. The Kier molecular flexibility index (Phi) is 5.57. The fraction of sp³-hybridized carbons (Fsp3) is 0.263. The molecule has 2 aromatic carbocycles. The summed E-state index contributed by atoms with van der Waals surface area (Å²) in [5, 5.41) is 3.22. The molecule has 1 amide bonds. The van der Waals surface area contributed by atoms with E-state index in [2.05, 4.69) is 9.71 Å². The molecular weight excluding hydrogens is 382 g/mol. The van der Waals surface area contributed by atoms with Crippen LogP contribution in [0.1, 0.15) is 18.1 Å². The number of aryl methyl sites for hydroxylation is 2. The van der Waals surface area contributed by atoms with Gasteiger partial charge in [-0.2, -0.15) is 8.42 Å². The van der Waals surface area contributed by atoms with Crippen LogP contribution in [0, 0.1) is 13.8 Å². The van der Waals surface area contributed by atoms with Crippen LogP contribution in [0.15, 0.2) is 51.8 Å². The highest BCUT2D eigenvalue weighted by molar-refractivity contribution is 8.15. The molecule has 0 unspecified atom stereocenters. The van der Waals surface area contributed by atoms with E-state index in [1.807, 2.05) is 43.9 Å². The minimum atomic E-state index is -3.76.